The van der Waals surface area contributed by atoms with Crippen LogP contribution in [0, 0.1) is 13.8 Å². The second kappa shape index (κ2) is 8.60. The lowest BCUT2D eigenvalue weighted by atomic mass is 10.1. The van der Waals surface area contributed by atoms with Gasteiger partial charge in [-0.2, -0.15) is 0 Å². The third-order valence-corrected chi connectivity index (χ3v) is 4.11. The van der Waals surface area contributed by atoms with E-state index in [1.807, 2.05) is 26.0 Å². The third kappa shape index (κ3) is 4.82. The summed E-state index contributed by atoms with van der Waals surface area (Å²) in [5.74, 6) is -0.556. The Morgan fingerprint density at radius 3 is 2.55 bits per heavy atom. The standard InChI is InChI=1S/C22H20O7/c1-4-26-21(24)17-10-15-6-7-16(11-19(15)29-22(17)25)28-20(23)12-27-18-8-5-13(2)9-14(18)3/h5-11H,4,12H2,1-3H3. The van der Waals surface area contributed by atoms with Gasteiger partial charge in [-0.25, -0.2) is 14.4 Å². The Kier molecular flexibility index (Phi) is 5.97. The summed E-state index contributed by atoms with van der Waals surface area (Å²) in [6.45, 7) is 5.39. The van der Waals surface area contributed by atoms with Crippen LogP contribution in [0.5, 0.6) is 11.5 Å². The normalized spacial score (nSPS) is 10.6. The van der Waals surface area contributed by atoms with Crippen molar-refractivity contribution in [3.63, 3.8) is 0 Å². The van der Waals surface area contributed by atoms with Crippen LogP contribution in [0.1, 0.15) is 28.4 Å². The maximum Gasteiger partial charge on any atom is 0.351 e. The molecule has 7 heteroatoms. The van der Waals surface area contributed by atoms with E-state index in [2.05, 4.69) is 0 Å². The number of rotatable bonds is 6. The van der Waals surface area contributed by atoms with E-state index < -0.39 is 17.6 Å². The zero-order valence-electron chi connectivity index (χ0n) is 16.3. The van der Waals surface area contributed by atoms with Crippen molar-refractivity contribution in [2.45, 2.75) is 20.8 Å². The zero-order chi connectivity index (χ0) is 21.0. The van der Waals surface area contributed by atoms with Crippen LogP contribution in [-0.4, -0.2) is 25.2 Å². The van der Waals surface area contributed by atoms with Crippen LogP contribution in [0.15, 0.2) is 51.7 Å². The number of benzene rings is 2. The lowest BCUT2D eigenvalue weighted by Gasteiger charge is -2.10. The molecule has 3 rings (SSSR count). The molecule has 2 aromatic carbocycles. The molecule has 7 nitrogen and oxygen atoms in total. The van der Waals surface area contributed by atoms with Gasteiger partial charge in [-0.05, 0) is 50.6 Å². The Morgan fingerprint density at radius 2 is 1.83 bits per heavy atom. The van der Waals surface area contributed by atoms with Gasteiger partial charge in [0.25, 0.3) is 0 Å². The summed E-state index contributed by atoms with van der Waals surface area (Å²) >= 11 is 0. The molecule has 0 saturated heterocycles. The summed E-state index contributed by atoms with van der Waals surface area (Å²) in [5.41, 5.74) is 1.19. The Labute approximate surface area is 166 Å². The van der Waals surface area contributed by atoms with Crippen LogP contribution in [-0.2, 0) is 9.53 Å². The van der Waals surface area contributed by atoms with E-state index in [0.717, 1.165) is 11.1 Å². The average Bonchev–Trinajstić information content (AvgIpc) is 2.67. The molecule has 0 aliphatic heterocycles. The van der Waals surface area contributed by atoms with Crippen molar-refractivity contribution in [1.29, 1.82) is 0 Å². The van der Waals surface area contributed by atoms with Crippen molar-refractivity contribution < 1.29 is 28.2 Å². The number of aryl methyl sites for hydroxylation is 2. The van der Waals surface area contributed by atoms with Gasteiger partial charge < -0.3 is 18.6 Å². The van der Waals surface area contributed by atoms with Crippen molar-refractivity contribution in [2.24, 2.45) is 0 Å². The molecular weight excluding hydrogens is 376 g/mol. The summed E-state index contributed by atoms with van der Waals surface area (Å²) in [5, 5.41) is 0.499. The maximum atomic E-state index is 12.1. The second-order valence-corrected chi connectivity index (χ2v) is 6.40. The van der Waals surface area contributed by atoms with Crippen molar-refractivity contribution in [3.05, 3.63) is 69.6 Å². The van der Waals surface area contributed by atoms with Gasteiger partial charge in [0.05, 0.1) is 6.61 Å². The summed E-state index contributed by atoms with van der Waals surface area (Å²) in [7, 11) is 0. The summed E-state index contributed by atoms with van der Waals surface area (Å²) in [6.07, 6.45) is 0. The van der Waals surface area contributed by atoms with Crippen LogP contribution in [0.2, 0.25) is 0 Å². The number of esters is 2. The smallest absolute Gasteiger partial charge is 0.351 e. The molecule has 0 N–H and O–H groups in total. The number of hydrogen-bond acceptors (Lipinski definition) is 7. The largest absolute Gasteiger partial charge is 0.482 e. The highest BCUT2D eigenvalue weighted by Gasteiger charge is 2.15. The van der Waals surface area contributed by atoms with Crippen molar-refractivity contribution in [2.75, 3.05) is 13.2 Å². The van der Waals surface area contributed by atoms with Gasteiger partial charge in [0.2, 0.25) is 0 Å². The predicted octanol–water partition coefficient (Wildman–Crippen LogP) is 3.57. The molecule has 0 unspecified atom stereocenters. The number of ether oxygens (including phenoxy) is 3. The first-order chi connectivity index (χ1) is 13.9. The molecule has 0 fully saturated rings. The van der Waals surface area contributed by atoms with E-state index in [0.29, 0.717) is 11.1 Å². The first-order valence-electron chi connectivity index (χ1n) is 9.03. The Hall–Kier alpha value is -3.61. The fourth-order valence-corrected chi connectivity index (χ4v) is 2.77. The lowest BCUT2D eigenvalue weighted by molar-refractivity contribution is -0.136. The molecule has 0 aliphatic carbocycles. The van der Waals surface area contributed by atoms with E-state index in [1.165, 1.54) is 18.2 Å². The van der Waals surface area contributed by atoms with Gasteiger partial charge in [-0.1, -0.05) is 17.7 Å². The molecular formula is C22H20O7. The topological polar surface area (TPSA) is 92.0 Å². The first kappa shape index (κ1) is 20.1. The molecule has 0 saturated carbocycles. The van der Waals surface area contributed by atoms with Crippen LogP contribution in [0.25, 0.3) is 11.0 Å². The lowest BCUT2D eigenvalue weighted by Crippen LogP contribution is -2.18. The fourth-order valence-electron chi connectivity index (χ4n) is 2.77. The molecule has 0 bridgehead atoms. The molecule has 0 aliphatic rings. The quantitative estimate of drug-likeness (QED) is 0.357. The number of hydrogen-bond donors (Lipinski definition) is 0. The number of carbonyl (C=O) groups is 2. The van der Waals surface area contributed by atoms with Crippen LogP contribution in [0.3, 0.4) is 0 Å². The SMILES string of the molecule is CCOC(=O)c1cc2ccc(OC(=O)COc3ccc(C)cc3C)cc2oc1=O. The average molecular weight is 396 g/mol. The summed E-state index contributed by atoms with van der Waals surface area (Å²) in [6, 6.07) is 11.5. The van der Waals surface area contributed by atoms with E-state index in [4.69, 9.17) is 18.6 Å². The third-order valence-electron chi connectivity index (χ3n) is 4.11. The predicted molar refractivity (Wildman–Crippen MR) is 105 cm³/mol. The zero-order valence-corrected chi connectivity index (χ0v) is 16.3. The van der Waals surface area contributed by atoms with Gasteiger partial charge in [0.15, 0.2) is 6.61 Å². The molecule has 150 valence electrons. The summed E-state index contributed by atoms with van der Waals surface area (Å²) < 4.78 is 20.7. The van der Waals surface area contributed by atoms with E-state index in [-0.39, 0.29) is 30.1 Å². The van der Waals surface area contributed by atoms with E-state index in [1.54, 1.807) is 19.1 Å². The highest BCUT2D eigenvalue weighted by molar-refractivity contribution is 5.93. The number of fused-ring (bicyclic) bond motifs is 1. The van der Waals surface area contributed by atoms with Crippen molar-refractivity contribution in [1.82, 2.24) is 0 Å². The van der Waals surface area contributed by atoms with Crippen molar-refractivity contribution >= 4 is 22.9 Å². The van der Waals surface area contributed by atoms with Crippen molar-refractivity contribution in [3.8, 4) is 11.5 Å². The van der Waals surface area contributed by atoms with Gasteiger partial charge in [0, 0.05) is 11.5 Å². The second-order valence-electron chi connectivity index (χ2n) is 6.40. The monoisotopic (exact) mass is 396 g/mol. The highest BCUT2D eigenvalue weighted by atomic mass is 16.6. The van der Waals surface area contributed by atoms with Gasteiger partial charge in [-0.3, -0.25) is 0 Å². The molecule has 29 heavy (non-hydrogen) atoms. The number of carbonyl (C=O) groups excluding carboxylic acids is 2. The highest BCUT2D eigenvalue weighted by Crippen LogP contribution is 2.22. The minimum Gasteiger partial charge on any atom is -0.482 e. The Balaban J connectivity index is 1.71. The first-order valence-corrected chi connectivity index (χ1v) is 9.03. The van der Waals surface area contributed by atoms with Gasteiger partial charge in [-0.15, -0.1) is 0 Å². The molecule has 1 aromatic heterocycles. The molecule has 3 aromatic rings. The van der Waals surface area contributed by atoms with Crippen LogP contribution >= 0.6 is 0 Å². The Bertz CT molecular complexity index is 1130. The molecule has 0 atom stereocenters. The van der Waals surface area contributed by atoms with Crippen LogP contribution in [0.4, 0.5) is 0 Å². The Morgan fingerprint density at radius 1 is 1.03 bits per heavy atom. The van der Waals surface area contributed by atoms with Gasteiger partial charge in [0.1, 0.15) is 22.6 Å². The molecule has 0 spiro atoms. The molecule has 0 amide bonds. The van der Waals surface area contributed by atoms with Gasteiger partial charge >= 0.3 is 17.6 Å². The maximum absolute atomic E-state index is 12.1. The van der Waals surface area contributed by atoms with Crippen LogP contribution < -0.4 is 15.1 Å². The molecule has 1 heterocycles. The van der Waals surface area contributed by atoms with E-state index in [9.17, 15) is 14.4 Å². The van der Waals surface area contributed by atoms with E-state index >= 15 is 0 Å². The minimum atomic E-state index is -0.822. The fraction of sp³-hybridized carbons (Fsp3) is 0.227. The summed E-state index contributed by atoms with van der Waals surface area (Å²) in [4.78, 5) is 35.9. The minimum absolute atomic E-state index is 0.148. The molecule has 0 radical (unpaired) electrons.